The molecule has 1 aromatic carbocycles. The molecule has 0 unspecified atom stereocenters. The highest BCUT2D eigenvalue weighted by Crippen LogP contribution is 2.17. The molecule has 0 bridgehead atoms. The first-order valence-electron chi connectivity index (χ1n) is 6.29. The maximum atomic E-state index is 4.34. The maximum absolute atomic E-state index is 4.34. The van der Waals surface area contributed by atoms with Gasteiger partial charge < -0.3 is 4.57 Å². The summed E-state index contributed by atoms with van der Waals surface area (Å²) in [7, 11) is 0. The lowest BCUT2D eigenvalue weighted by Gasteiger charge is -2.14. The van der Waals surface area contributed by atoms with E-state index in [0.29, 0.717) is 0 Å². The molecule has 0 N–H and O–H groups in total. The van der Waals surface area contributed by atoms with E-state index in [1.807, 2.05) is 0 Å². The van der Waals surface area contributed by atoms with Crippen molar-refractivity contribution in [1.29, 1.82) is 0 Å². The van der Waals surface area contributed by atoms with Crippen LogP contribution in [0.3, 0.4) is 0 Å². The first-order chi connectivity index (χ1) is 8.33. The third kappa shape index (κ3) is 2.09. The zero-order valence-electron chi connectivity index (χ0n) is 10.2. The standard InChI is InChI=1S/C14H17N3/c1-11-5-4-6-12(9-11)10-14-16-15-13-7-2-3-8-17(13)14/h4-6,9H,2-3,7-8,10H2,1H3. The molecule has 2 aromatic rings. The van der Waals surface area contributed by atoms with Crippen LogP contribution in [0.1, 0.15) is 35.6 Å². The molecule has 88 valence electrons. The molecular formula is C14H17N3. The molecule has 0 saturated carbocycles. The highest BCUT2D eigenvalue weighted by atomic mass is 15.3. The Morgan fingerprint density at radius 2 is 2.18 bits per heavy atom. The number of benzene rings is 1. The van der Waals surface area contributed by atoms with Crippen LogP contribution in [0.5, 0.6) is 0 Å². The summed E-state index contributed by atoms with van der Waals surface area (Å²) in [6, 6.07) is 8.63. The molecule has 17 heavy (non-hydrogen) atoms. The average Bonchev–Trinajstić information content (AvgIpc) is 2.73. The van der Waals surface area contributed by atoms with Crippen LogP contribution in [-0.2, 0) is 19.4 Å². The van der Waals surface area contributed by atoms with Gasteiger partial charge in [0, 0.05) is 19.4 Å². The van der Waals surface area contributed by atoms with Crippen molar-refractivity contribution in [2.75, 3.05) is 0 Å². The van der Waals surface area contributed by atoms with Crippen molar-refractivity contribution in [3.8, 4) is 0 Å². The van der Waals surface area contributed by atoms with Crippen molar-refractivity contribution in [2.24, 2.45) is 0 Å². The zero-order chi connectivity index (χ0) is 11.7. The van der Waals surface area contributed by atoms with Gasteiger partial charge in [-0.2, -0.15) is 0 Å². The van der Waals surface area contributed by atoms with Crippen molar-refractivity contribution in [2.45, 2.75) is 39.2 Å². The van der Waals surface area contributed by atoms with Gasteiger partial charge in [-0.25, -0.2) is 0 Å². The normalized spacial score (nSPS) is 14.6. The van der Waals surface area contributed by atoms with Crippen LogP contribution in [0.25, 0.3) is 0 Å². The van der Waals surface area contributed by atoms with Gasteiger partial charge in [-0.3, -0.25) is 0 Å². The molecule has 0 spiro atoms. The minimum Gasteiger partial charge on any atom is -0.315 e. The molecule has 0 amide bonds. The van der Waals surface area contributed by atoms with Crippen molar-refractivity contribution in [1.82, 2.24) is 14.8 Å². The van der Waals surface area contributed by atoms with E-state index in [2.05, 4.69) is 46.0 Å². The van der Waals surface area contributed by atoms with Crippen LogP contribution in [0.15, 0.2) is 24.3 Å². The van der Waals surface area contributed by atoms with Gasteiger partial charge in [0.2, 0.25) is 0 Å². The van der Waals surface area contributed by atoms with Crippen molar-refractivity contribution < 1.29 is 0 Å². The highest BCUT2D eigenvalue weighted by Gasteiger charge is 2.15. The second-order valence-corrected chi connectivity index (χ2v) is 4.81. The van der Waals surface area contributed by atoms with Gasteiger partial charge in [0.15, 0.2) is 0 Å². The number of hydrogen-bond acceptors (Lipinski definition) is 2. The number of rotatable bonds is 2. The van der Waals surface area contributed by atoms with Crippen LogP contribution in [0, 0.1) is 6.92 Å². The van der Waals surface area contributed by atoms with Crippen LogP contribution < -0.4 is 0 Å². The molecule has 0 radical (unpaired) electrons. The fraction of sp³-hybridized carbons (Fsp3) is 0.429. The first-order valence-corrected chi connectivity index (χ1v) is 6.29. The molecule has 0 fully saturated rings. The lowest BCUT2D eigenvalue weighted by Crippen LogP contribution is -2.13. The molecule has 0 saturated heterocycles. The molecule has 3 heteroatoms. The SMILES string of the molecule is Cc1cccc(Cc2nnc3n2CCCC3)c1. The molecule has 1 aliphatic rings. The Morgan fingerprint density at radius 1 is 1.24 bits per heavy atom. The summed E-state index contributed by atoms with van der Waals surface area (Å²) < 4.78 is 2.30. The summed E-state index contributed by atoms with van der Waals surface area (Å²) in [6.45, 7) is 3.21. The molecule has 3 nitrogen and oxygen atoms in total. The summed E-state index contributed by atoms with van der Waals surface area (Å²) in [5.41, 5.74) is 2.63. The van der Waals surface area contributed by atoms with Gasteiger partial charge in [-0.05, 0) is 25.3 Å². The van der Waals surface area contributed by atoms with Crippen LogP contribution in [0.4, 0.5) is 0 Å². The Bertz CT molecular complexity index is 528. The third-order valence-corrected chi connectivity index (χ3v) is 3.38. The number of fused-ring (bicyclic) bond motifs is 1. The van der Waals surface area contributed by atoms with E-state index in [0.717, 1.165) is 25.2 Å². The Kier molecular flexibility index (Phi) is 2.67. The fourth-order valence-electron chi connectivity index (χ4n) is 2.50. The van der Waals surface area contributed by atoms with E-state index in [-0.39, 0.29) is 0 Å². The third-order valence-electron chi connectivity index (χ3n) is 3.38. The summed E-state index contributed by atoms with van der Waals surface area (Å²) >= 11 is 0. The minimum atomic E-state index is 0.898. The van der Waals surface area contributed by atoms with E-state index in [9.17, 15) is 0 Å². The summed E-state index contributed by atoms with van der Waals surface area (Å²) in [6.07, 6.45) is 4.49. The first kappa shape index (κ1) is 10.5. The predicted molar refractivity (Wildman–Crippen MR) is 66.9 cm³/mol. The van der Waals surface area contributed by atoms with Crippen molar-refractivity contribution >= 4 is 0 Å². The van der Waals surface area contributed by atoms with E-state index in [1.54, 1.807) is 0 Å². The number of aromatic nitrogens is 3. The second kappa shape index (κ2) is 4.32. The smallest absolute Gasteiger partial charge is 0.137 e. The molecule has 1 aliphatic heterocycles. The molecular weight excluding hydrogens is 210 g/mol. The summed E-state index contributed by atoms with van der Waals surface area (Å²) in [5, 5.41) is 8.62. The van der Waals surface area contributed by atoms with Gasteiger partial charge in [-0.1, -0.05) is 29.8 Å². The van der Waals surface area contributed by atoms with E-state index in [1.165, 1.54) is 29.8 Å². The Labute approximate surface area is 101 Å². The average molecular weight is 227 g/mol. The summed E-state index contributed by atoms with van der Waals surface area (Å²) in [5.74, 6) is 2.28. The highest BCUT2D eigenvalue weighted by molar-refractivity contribution is 5.25. The maximum Gasteiger partial charge on any atom is 0.137 e. The molecule has 0 aliphatic carbocycles. The molecule has 0 atom stereocenters. The van der Waals surface area contributed by atoms with E-state index in [4.69, 9.17) is 0 Å². The zero-order valence-corrected chi connectivity index (χ0v) is 10.2. The van der Waals surface area contributed by atoms with Gasteiger partial charge in [0.05, 0.1) is 0 Å². The summed E-state index contributed by atoms with van der Waals surface area (Å²) in [4.78, 5) is 0. The Balaban J connectivity index is 1.88. The van der Waals surface area contributed by atoms with Crippen LogP contribution >= 0.6 is 0 Å². The number of hydrogen-bond donors (Lipinski definition) is 0. The van der Waals surface area contributed by atoms with Crippen molar-refractivity contribution in [3.05, 3.63) is 47.0 Å². The lowest BCUT2D eigenvalue weighted by atomic mass is 10.1. The predicted octanol–water partition coefficient (Wildman–Crippen LogP) is 2.51. The molecule has 3 rings (SSSR count). The van der Waals surface area contributed by atoms with Gasteiger partial charge in [0.25, 0.3) is 0 Å². The van der Waals surface area contributed by atoms with Crippen LogP contribution in [0.2, 0.25) is 0 Å². The minimum absolute atomic E-state index is 0.898. The van der Waals surface area contributed by atoms with E-state index < -0.39 is 0 Å². The molecule has 2 heterocycles. The second-order valence-electron chi connectivity index (χ2n) is 4.81. The molecule has 1 aromatic heterocycles. The topological polar surface area (TPSA) is 30.7 Å². The fourth-order valence-corrected chi connectivity index (χ4v) is 2.50. The van der Waals surface area contributed by atoms with Gasteiger partial charge in [-0.15, -0.1) is 10.2 Å². The van der Waals surface area contributed by atoms with E-state index >= 15 is 0 Å². The Morgan fingerprint density at radius 3 is 3.06 bits per heavy atom. The van der Waals surface area contributed by atoms with Gasteiger partial charge >= 0.3 is 0 Å². The largest absolute Gasteiger partial charge is 0.315 e. The number of nitrogens with zero attached hydrogens (tertiary/aromatic N) is 3. The number of aryl methyl sites for hydroxylation is 2. The van der Waals surface area contributed by atoms with Crippen LogP contribution in [-0.4, -0.2) is 14.8 Å². The quantitative estimate of drug-likeness (QED) is 0.789. The monoisotopic (exact) mass is 227 g/mol. The van der Waals surface area contributed by atoms with Crippen molar-refractivity contribution in [3.63, 3.8) is 0 Å². The Hall–Kier alpha value is -1.64. The van der Waals surface area contributed by atoms with Gasteiger partial charge in [0.1, 0.15) is 11.6 Å². The lowest BCUT2D eigenvalue weighted by molar-refractivity contribution is 0.510.